The quantitative estimate of drug-likeness (QED) is 0.530. The molecule has 0 bridgehead atoms. The molecule has 0 fully saturated rings. The molecule has 1 aromatic carbocycles. The SMILES string of the molecule is CCCCn1c(N)c(N(CCC(C)C)CC(=O)Nc2ccc(Cl)cc2)c(=O)[nH]c1=O. The van der Waals surface area contributed by atoms with Crippen molar-refractivity contribution >= 4 is 34.7 Å². The van der Waals surface area contributed by atoms with E-state index in [0.29, 0.717) is 29.7 Å². The summed E-state index contributed by atoms with van der Waals surface area (Å²) in [6.45, 7) is 6.90. The van der Waals surface area contributed by atoms with Gasteiger partial charge in [-0.2, -0.15) is 0 Å². The van der Waals surface area contributed by atoms with Crippen molar-refractivity contribution in [1.29, 1.82) is 0 Å². The molecule has 0 radical (unpaired) electrons. The van der Waals surface area contributed by atoms with Gasteiger partial charge in [-0.3, -0.25) is 19.1 Å². The normalized spacial score (nSPS) is 11.0. The van der Waals surface area contributed by atoms with Gasteiger partial charge in [-0.15, -0.1) is 0 Å². The summed E-state index contributed by atoms with van der Waals surface area (Å²) in [4.78, 5) is 41.5. The molecule has 0 atom stereocenters. The first-order chi connectivity index (χ1) is 14.2. The highest BCUT2D eigenvalue weighted by Gasteiger charge is 2.21. The number of unbranched alkanes of at least 4 members (excludes halogenated alkanes) is 1. The molecule has 0 aliphatic heterocycles. The topological polar surface area (TPSA) is 113 Å². The number of nitrogens with zero attached hydrogens (tertiary/aromatic N) is 2. The number of anilines is 3. The van der Waals surface area contributed by atoms with Gasteiger partial charge in [0.05, 0.1) is 6.54 Å². The predicted octanol–water partition coefficient (Wildman–Crippen LogP) is 3.06. The molecule has 2 aromatic rings. The standard InChI is InChI=1S/C21H30ClN5O3/c1-4-5-11-27-19(23)18(20(29)25-21(27)30)26(12-10-14(2)3)13-17(28)24-16-8-6-15(22)7-9-16/h6-9,14H,4-5,10-13,23H2,1-3H3,(H,24,28)(H,25,29,30). The fourth-order valence-electron chi connectivity index (χ4n) is 3.01. The van der Waals surface area contributed by atoms with Crippen LogP contribution in [0.25, 0.3) is 0 Å². The van der Waals surface area contributed by atoms with Crippen LogP contribution in [0.3, 0.4) is 0 Å². The molecule has 2 rings (SSSR count). The van der Waals surface area contributed by atoms with Crippen molar-refractivity contribution in [2.75, 3.05) is 29.0 Å². The lowest BCUT2D eigenvalue weighted by Gasteiger charge is -2.26. The monoisotopic (exact) mass is 435 g/mol. The number of nitrogens with two attached hydrogens (primary N) is 1. The van der Waals surface area contributed by atoms with Gasteiger partial charge in [-0.25, -0.2) is 4.79 Å². The zero-order chi connectivity index (χ0) is 22.3. The zero-order valence-corrected chi connectivity index (χ0v) is 18.5. The highest BCUT2D eigenvalue weighted by molar-refractivity contribution is 6.30. The maximum Gasteiger partial charge on any atom is 0.330 e. The fourth-order valence-corrected chi connectivity index (χ4v) is 3.14. The molecule has 4 N–H and O–H groups in total. The summed E-state index contributed by atoms with van der Waals surface area (Å²) < 4.78 is 1.36. The molecule has 0 unspecified atom stereocenters. The second-order valence-electron chi connectivity index (χ2n) is 7.66. The van der Waals surface area contributed by atoms with Crippen LogP contribution in [0, 0.1) is 5.92 Å². The zero-order valence-electron chi connectivity index (χ0n) is 17.7. The van der Waals surface area contributed by atoms with Crippen LogP contribution in [0.5, 0.6) is 0 Å². The van der Waals surface area contributed by atoms with Crippen molar-refractivity contribution in [3.63, 3.8) is 0 Å². The van der Waals surface area contributed by atoms with E-state index in [9.17, 15) is 14.4 Å². The number of halogens is 1. The number of carbonyl (C=O) groups is 1. The average molecular weight is 436 g/mol. The molecule has 1 aromatic heterocycles. The Hall–Kier alpha value is -2.74. The summed E-state index contributed by atoms with van der Waals surface area (Å²) in [5.41, 5.74) is 5.86. The van der Waals surface area contributed by atoms with Crippen LogP contribution in [0.2, 0.25) is 5.02 Å². The van der Waals surface area contributed by atoms with Crippen molar-refractivity contribution in [2.45, 2.75) is 46.6 Å². The number of aromatic amines is 1. The summed E-state index contributed by atoms with van der Waals surface area (Å²) in [6, 6.07) is 6.76. The van der Waals surface area contributed by atoms with Crippen molar-refractivity contribution in [2.24, 2.45) is 5.92 Å². The number of nitrogen functional groups attached to an aromatic ring is 1. The van der Waals surface area contributed by atoms with Gasteiger partial charge < -0.3 is 16.0 Å². The lowest BCUT2D eigenvalue weighted by atomic mass is 10.1. The molecule has 0 aliphatic rings. The highest BCUT2D eigenvalue weighted by atomic mass is 35.5. The third-order valence-electron chi connectivity index (χ3n) is 4.70. The van der Waals surface area contributed by atoms with E-state index in [4.69, 9.17) is 17.3 Å². The molecule has 30 heavy (non-hydrogen) atoms. The van der Waals surface area contributed by atoms with E-state index in [1.165, 1.54) is 4.57 Å². The molecule has 1 heterocycles. The molecule has 8 nitrogen and oxygen atoms in total. The van der Waals surface area contributed by atoms with Crippen LogP contribution in [0.4, 0.5) is 17.2 Å². The van der Waals surface area contributed by atoms with E-state index in [2.05, 4.69) is 24.1 Å². The van der Waals surface area contributed by atoms with Crippen LogP contribution in [-0.4, -0.2) is 28.5 Å². The lowest BCUT2D eigenvalue weighted by molar-refractivity contribution is -0.115. The van der Waals surface area contributed by atoms with E-state index in [1.54, 1.807) is 29.2 Å². The van der Waals surface area contributed by atoms with E-state index in [0.717, 1.165) is 19.3 Å². The smallest absolute Gasteiger partial charge is 0.330 e. The van der Waals surface area contributed by atoms with Crippen molar-refractivity contribution in [3.8, 4) is 0 Å². The van der Waals surface area contributed by atoms with Gasteiger partial charge in [0.2, 0.25) is 5.91 Å². The second-order valence-corrected chi connectivity index (χ2v) is 8.09. The third-order valence-corrected chi connectivity index (χ3v) is 4.96. The summed E-state index contributed by atoms with van der Waals surface area (Å²) in [5.74, 6) is 0.143. The van der Waals surface area contributed by atoms with Crippen molar-refractivity contribution < 1.29 is 4.79 Å². The first-order valence-corrected chi connectivity index (χ1v) is 10.5. The summed E-state index contributed by atoms with van der Waals surface area (Å²) in [6.07, 6.45) is 2.38. The number of hydrogen-bond donors (Lipinski definition) is 3. The van der Waals surface area contributed by atoms with Crippen LogP contribution in [-0.2, 0) is 11.3 Å². The number of benzene rings is 1. The van der Waals surface area contributed by atoms with Gasteiger partial charge >= 0.3 is 5.69 Å². The van der Waals surface area contributed by atoms with E-state index in [-0.39, 0.29) is 24.0 Å². The molecule has 9 heteroatoms. The maximum atomic E-state index is 12.7. The Morgan fingerprint density at radius 2 is 1.93 bits per heavy atom. The molecule has 0 saturated heterocycles. The first kappa shape index (κ1) is 23.5. The molecule has 0 saturated carbocycles. The van der Waals surface area contributed by atoms with Crippen molar-refractivity contribution in [3.05, 3.63) is 50.1 Å². The van der Waals surface area contributed by atoms with Gasteiger partial charge in [0.15, 0.2) is 0 Å². The van der Waals surface area contributed by atoms with Crippen LogP contribution >= 0.6 is 11.6 Å². The van der Waals surface area contributed by atoms with E-state index < -0.39 is 11.2 Å². The third kappa shape index (κ3) is 6.38. The van der Waals surface area contributed by atoms with Gasteiger partial charge in [0.25, 0.3) is 5.56 Å². The Morgan fingerprint density at radius 1 is 1.27 bits per heavy atom. The number of amides is 1. The minimum Gasteiger partial charge on any atom is -0.383 e. The van der Waals surface area contributed by atoms with Gasteiger partial charge in [0.1, 0.15) is 11.5 Å². The minimum absolute atomic E-state index is 0.0748. The average Bonchev–Trinajstić information content (AvgIpc) is 2.67. The summed E-state index contributed by atoms with van der Waals surface area (Å²) in [5, 5.41) is 3.37. The largest absolute Gasteiger partial charge is 0.383 e. The number of hydrogen-bond acceptors (Lipinski definition) is 5. The van der Waals surface area contributed by atoms with Gasteiger partial charge in [-0.1, -0.05) is 38.8 Å². The molecular formula is C21H30ClN5O3. The Kier molecular flexibility index (Phi) is 8.53. The van der Waals surface area contributed by atoms with E-state index in [1.807, 2.05) is 6.92 Å². The molecule has 1 amide bonds. The second kappa shape index (κ2) is 10.9. The number of nitrogens with one attached hydrogen (secondary N) is 2. The van der Waals surface area contributed by atoms with Crippen LogP contribution in [0.1, 0.15) is 40.0 Å². The predicted molar refractivity (Wildman–Crippen MR) is 122 cm³/mol. The van der Waals surface area contributed by atoms with Gasteiger partial charge in [0, 0.05) is 23.8 Å². The van der Waals surface area contributed by atoms with E-state index >= 15 is 0 Å². The van der Waals surface area contributed by atoms with Crippen LogP contribution < -0.4 is 27.2 Å². The Labute approximate surface area is 181 Å². The fraction of sp³-hybridized carbons (Fsp3) is 0.476. The number of rotatable bonds is 10. The summed E-state index contributed by atoms with van der Waals surface area (Å²) in [7, 11) is 0. The molecule has 164 valence electrons. The molecule has 0 spiro atoms. The lowest BCUT2D eigenvalue weighted by Crippen LogP contribution is -2.42. The Bertz CT molecular complexity index is 966. The molecule has 0 aliphatic carbocycles. The van der Waals surface area contributed by atoms with Crippen LogP contribution in [0.15, 0.2) is 33.9 Å². The van der Waals surface area contributed by atoms with Crippen molar-refractivity contribution in [1.82, 2.24) is 9.55 Å². The number of aromatic nitrogens is 2. The summed E-state index contributed by atoms with van der Waals surface area (Å²) >= 11 is 5.88. The number of H-pyrrole nitrogens is 1. The Morgan fingerprint density at radius 3 is 2.53 bits per heavy atom. The first-order valence-electron chi connectivity index (χ1n) is 10.2. The minimum atomic E-state index is -0.590. The van der Waals surface area contributed by atoms with Gasteiger partial charge in [-0.05, 0) is 43.0 Å². The Balaban J connectivity index is 2.33. The maximum absolute atomic E-state index is 12.7. The number of carbonyl (C=O) groups excluding carboxylic acids is 1. The molecular weight excluding hydrogens is 406 g/mol. The highest BCUT2D eigenvalue weighted by Crippen LogP contribution is 2.19.